The van der Waals surface area contributed by atoms with Crippen LogP contribution < -0.4 is 0 Å². The van der Waals surface area contributed by atoms with Crippen LogP contribution in [0.1, 0.15) is 22.8 Å². The van der Waals surface area contributed by atoms with E-state index >= 15 is 0 Å². The molecule has 2 aliphatic rings. The van der Waals surface area contributed by atoms with Crippen LogP contribution in [-0.4, -0.2) is 32.9 Å². The monoisotopic (exact) mass is 607 g/mol. The largest absolute Gasteiger partial charge is 0.355 e. The standard InChI is InChI=1S/C26H18N4.C6H5O3S.Zn/c1-2-4-17(5-3-1)25-15-24-14-22-9-8-20(28-22)12-18-6-7-19(27-18)13-21-10-11-23(29-21)16-26(25)30-24;7-10(8,9)6-4-2-1-3-5-6;/h1-16,28,30H;1-4H,(H,7,8,9);/q;-1;. The molecule has 0 saturated carbocycles. The molecule has 7 nitrogen and oxygen atoms in total. The Morgan fingerprint density at radius 3 is 1.85 bits per heavy atom. The average Bonchev–Trinajstić information content (AvgIpc) is 3.75. The Labute approximate surface area is 249 Å². The number of aromatic nitrogens is 4. The smallest absolute Gasteiger partial charge is 0.271 e. The van der Waals surface area contributed by atoms with E-state index in [0.717, 1.165) is 50.4 Å². The molecule has 3 aromatic heterocycles. The first-order valence-electron chi connectivity index (χ1n) is 12.5. The summed E-state index contributed by atoms with van der Waals surface area (Å²) in [6, 6.07) is 33.2. The van der Waals surface area contributed by atoms with Crippen molar-refractivity contribution in [2.75, 3.05) is 0 Å². The number of fused-ring (bicyclic) bond motifs is 8. The number of hydrogen-bond donors (Lipinski definition) is 3. The summed E-state index contributed by atoms with van der Waals surface area (Å²) < 4.78 is 29.1. The summed E-state index contributed by atoms with van der Waals surface area (Å²) >= 11 is 0. The van der Waals surface area contributed by atoms with Crippen molar-refractivity contribution in [1.82, 2.24) is 19.9 Å². The van der Waals surface area contributed by atoms with Gasteiger partial charge in [-0.1, -0.05) is 30.3 Å². The molecule has 5 aromatic rings. The third-order valence-electron chi connectivity index (χ3n) is 6.21. The van der Waals surface area contributed by atoms with Crippen LogP contribution in [0.5, 0.6) is 0 Å². The van der Waals surface area contributed by atoms with Gasteiger partial charge in [-0.3, -0.25) is 4.55 Å². The maximum Gasteiger partial charge on any atom is 0.271 e. The van der Waals surface area contributed by atoms with Crippen LogP contribution in [0, 0.1) is 6.07 Å². The van der Waals surface area contributed by atoms with Gasteiger partial charge in [-0.15, -0.1) is 6.07 Å². The van der Waals surface area contributed by atoms with Crippen molar-refractivity contribution < 1.29 is 32.4 Å². The molecule has 0 amide bonds. The Bertz CT molecular complexity index is 2030. The molecule has 0 fully saturated rings. The molecule has 7 rings (SSSR count). The number of nitrogens with one attached hydrogen (secondary N) is 2. The SMILES string of the molecule is C1=Cc2cc3ccc(cc4cc(-c5ccccc5)c(cc5nc(cc1n2)C=C5)[nH]4)[nH]3.O=S(=O)(O)c1[c-]cccc1.[Zn]. The molecular formula is C32H23N4O3SZn-. The molecule has 2 aliphatic heterocycles. The van der Waals surface area contributed by atoms with E-state index in [1.807, 2.05) is 42.5 Å². The number of nitrogens with zero attached hydrogens (tertiary/aromatic N) is 2. The van der Waals surface area contributed by atoms with Crippen LogP contribution in [0.3, 0.4) is 0 Å². The Morgan fingerprint density at radius 2 is 1.24 bits per heavy atom. The zero-order chi connectivity index (χ0) is 27.5. The molecule has 41 heavy (non-hydrogen) atoms. The third kappa shape index (κ3) is 6.84. The molecule has 0 saturated heterocycles. The van der Waals surface area contributed by atoms with Crippen LogP contribution in [0.4, 0.5) is 0 Å². The van der Waals surface area contributed by atoms with Gasteiger partial charge < -0.3 is 9.97 Å². The predicted octanol–water partition coefficient (Wildman–Crippen LogP) is 7.05. The molecule has 0 unspecified atom stereocenters. The first-order chi connectivity index (χ1) is 19.4. The summed E-state index contributed by atoms with van der Waals surface area (Å²) in [5.74, 6) is 0. The molecule has 8 bridgehead atoms. The molecule has 9 heteroatoms. The minimum Gasteiger partial charge on any atom is -0.355 e. The van der Waals surface area contributed by atoms with E-state index in [1.165, 1.54) is 23.8 Å². The van der Waals surface area contributed by atoms with Crippen LogP contribution >= 0.6 is 0 Å². The fourth-order valence-electron chi connectivity index (χ4n) is 4.41. The quantitative estimate of drug-likeness (QED) is 0.111. The van der Waals surface area contributed by atoms with E-state index in [1.54, 1.807) is 6.07 Å². The van der Waals surface area contributed by atoms with Crippen molar-refractivity contribution >= 4 is 56.5 Å². The summed E-state index contributed by atoms with van der Waals surface area (Å²) in [7, 11) is -4.06. The Morgan fingerprint density at radius 1 is 0.634 bits per heavy atom. The van der Waals surface area contributed by atoms with Gasteiger partial charge in [-0.2, -0.15) is 32.7 Å². The van der Waals surface area contributed by atoms with Gasteiger partial charge >= 0.3 is 0 Å². The predicted molar refractivity (Wildman–Crippen MR) is 159 cm³/mol. The summed E-state index contributed by atoms with van der Waals surface area (Å²) in [5, 5.41) is 0. The summed E-state index contributed by atoms with van der Waals surface area (Å²) in [6.07, 6.45) is 8.10. The van der Waals surface area contributed by atoms with Gasteiger partial charge in [0.25, 0.3) is 10.1 Å². The number of benzene rings is 2. The molecular weight excluding hydrogens is 586 g/mol. The first-order valence-corrected chi connectivity index (χ1v) is 13.9. The zero-order valence-corrected chi connectivity index (χ0v) is 25.6. The van der Waals surface area contributed by atoms with Crippen molar-refractivity contribution in [3.8, 4) is 11.1 Å². The second kappa shape index (κ2) is 12.0. The fourth-order valence-corrected chi connectivity index (χ4v) is 4.88. The molecule has 2 aromatic carbocycles. The second-order valence-corrected chi connectivity index (χ2v) is 10.5. The molecule has 0 spiro atoms. The number of hydrogen-bond acceptors (Lipinski definition) is 4. The van der Waals surface area contributed by atoms with E-state index in [2.05, 4.69) is 75.6 Å². The topological polar surface area (TPSA) is 112 Å². The van der Waals surface area contributed by atoms with Gasteiger partial charge in [0.1, 0.15) is 0 Å². The minimum atomic E-state index is -4.06. The molecule has 198 valence electrons. The van der Waals surface area contributed by atoms with E-state index in [4.69, 9.17) is 9.54 Å². The van der Waals surface area contributed by atoms with Crippen LogP contribution in [0.15, 0.2) is 102 Å². The van der Waals surface area contributed by atoms with Crippen LogP contribution in [-0.2, 0) is 29.6 Å². The maximum atomic E-state index is 10.4. The normalized spacial score (nSPS) is 11.8. The average molecular weight is 609 g/mol. The fraction of sp³-hybridized carbons (Fsp3) is 0. The number of rotatable bonds is 2. The summed E-state index contributed by atoms with van der Waals surface area (Å²) in [4.78, 5) is 16.2. The molecule has 0 atom stereocenters. The Kier molecular flexibility index (Phi) is 8.22. The molecule has 0 aliphatic carbocycles. The van der Waals surface area contributed by atoms with Gasteiger partial charge in [0.15, 0.2) is 0 Å². The number of aromatic amines is 2. The first kappa shape index (κ1) is 28.1. The minimum absolute atomic E-state index is 0. The maximum absolute atomic E-state index is 10.4. The van der Waals surface area contributed by atoms with E-state index in [0.29, 0.717) is 0 Å². The van der Waals surface area contributed by atoms with E-state index in [9.17, 15) is 8.42 Å². The summed E-state index contributed by atoms with van der Waals surface area (Å²) in [5.41, 5.74) is 10.1. The van der Waals surface area contributed by atoms with Crippen molar-refractivity contribution in [3.05, 3.63) is 126 Å². The second-order valence-electron chi connectivity index (χ2n) is 9.16. The van der Waals surface area contributed by atoms with Crippen molar-refractivity contribution in [2.24, 2.45) is 0 Å². The number of H-pyrrole nitrogens is 2. The van der Waals surface area contributed by atoms with Crippen molar-refractivity contribution in [2.45, 2.75) is 4.90 Å². The molecule has 3 N–H and O–H groups in total. The van der Waals surface area contributed by atoms with Gasteiger partial charge in [0.2, 0.25) is 0 Å². The van der Waals surface area contributed by atoms with E-state index < -0.39 is 10.1 Å². The van der Waals surface area contributed by atoms with Gasteiger partial charge in [-0.25, -0.2) is 9.97 Å². The van der Waals surface area contributed by atoms with Crippen molar-refractivity contribution in [3.63, 3.8) is 0 Å². The van der Waals surface area contributed by atoms with Gasteiger partial charge in [0, 0.05) is 47.1 Å². The zero-order valence-electron chi connectivity index (χ0n) is 21.8. The Hall–Kier alpha value is -4.43. The van der Waals surface area contributed by atoms with Gasteiger partial charge in [-0.05, 0) is 77.2 Å². The Balaban J connectivity index is 0.000000263. The molecule has 5 heterocycles. The van der Waals surface area contributed by atoms with Crippen molar-refractivity contribution in [1.29, 1.82) is 0 Å². The van der Waals surface area contributed by atoms with E-state index in [-0.39, 0.29) is 24.4 Å². The van der Waals surface area contributed by atoms with Crippen LogP contribution in [0.2, 0.25) is 0 Å². The third-order valence-corrected chi connectivity index (χ3v) is 7.02. The van der Waals surface area contributed by atoms with Gasteiger partial charge in [0.05, 0.1) is 22.8 Å². The van der Waals surface area contributed by atoms with Crippen LogP contribution in [0.25, 0.3) is 57.5 Å². The molecule has 0 radical (unpaired) electrons. The summed E-state index contributed by atoms with van der Waals surface area (Å²) in [6.45, 7) is 0.